The van der Waals surface area contributed by atoms with E-state index in [-0.39, 0.29) is 0 Å². The van der Waals surface area contributed by atoms with Gasteiger partial charge in [0.15, 0.2) is 0 Å². The number of hydrogen-bond acceptors (Lipinski definition) is 4. The van der Waals surface area contributed by atoms with Crippen LogP contribution in [0.5, 0.6) is 0 Å². The predicted molar refractivity (Wildman–Crippen MR) is 76.0 cm³/mol. The van der Waals surface area contributed by atoms with Crippen molar-refractivity contribution in [1.29, 1.82) is 0 Å². The molecule has 1 saturated heterocycles. The third-order valence-corrected chi connectivity index (χ3v) is 4.73. The van der Waals surface area contributed by atoms with Gasteiger partial charge >= 0.3 is 10.2 Å². The van der Waals surface area contributed by atoms with E-state index in [1.165, 1.54) is 10.5 Å². The summed E-state index contributed by atoms with van der Waals surface area (Å²) < 4.78 is 28.6. The van der Waals surface area contributed by atoms with E-state index in [4.69, 9.17) is 5.73 Å². The highest BCUT2D eigenvalue weighted by Gasteiger charge is 2.23. The van der Waals surface area contributed by atoms with E-state index in [1.807, 2.05) is 0 Å². The van der Waals surface area contributed by atoms with Crippen molar-refractivity contribution in [3.8, 4) is 0 Å². The smallest absolute Gasteiger partial charge is 0.302 e. The number of hydrogen-bond donors (Lipinski definition) is 2. The molecule has 7 heteroatoms. The summed E-state index contributed by atoms with van der Waals surface area (Å²) in [5.74, 6) is 0.346. The lowest BCUT2D eigenvalue weighted by molar-refractivity contribution is 0.427. The summed E-state index contributed by atoms with van der Waals surface area (Å²) in [5, 5.41) is 0. The van der Waals surface area contributed by atoms with Crippen LogP contribution in [0.1, 0.15) is 31.2 Å². The number of nitrogens with two attached hydrogens (primary N) is 1. The van der Waals surface area contributed by atoms with Crippen molar-refractivity contribution in [2.75, 3.05) is 23.5 Å². The third-order valence-electron chi connectivity index (χ3n) is 3.23. The number of pyridine rings is 1. The summed E-state index contributed by atoms with van der Waals surface area (Å²) in [4.78, 5) is 4.04. The zero-order chi connectivity index (χ0) is 13.9. The molecule has 19 heavy (non-hydrogen) atoms. The van der Waals surface area contributed by atoms with Gasteiger partial charge in [0.1, 0.15) is 5.82 Å². The van der Waals surface area contributed by atoms with Gasteiger partial charge in [-0.2, -0.15) is 12.7 Å². The van der Waals surface area contributed by atoms with Crippen molar-refractivity contribution in [1.82, 2.24) is 9.29 Å². The minimum atomic E-state index is -3.52. The fourth-order valence-corrected chi connectivity index (χ4v) is 3.50. The van der Waals surface area contributed by atoms with Crippen LogP contribution in [0, 0.1) is 6.92 Å². The second-order valence-corrected chi connectivity index (χ2v) is 6.53. The van der Waals surface area contributed by atoms with Crippen molar-refractivity contribution in [3.05, 3.63) is 17.8 Å². The number of anilines is 2. The zero-order valence-corrected chi connectivity index (χ0v) is 11.9. The maximum atomic E-state index is 12.3. The Morgan fingerprint density at radius 3 is 2.47 bits per heavy atom. The van der Waals surface area contributed by atoms with Gasteiger partial charge in [-0.25, -0.2) is 4.98 Å². The molecule has 0 spiro atoms. The molecular weight excluding hydrogens is 264 g/mol. The summed E-state index contributed by atoms with van der Waals surface area (Å²) in [5.41, 5.74) is 6.85. The molecule has 6 nitrogen and oxygen atoms in total. The monoisotopic (exact) mass is 284 g/mol. The van der Waals surface area contributed by atoms with E-state index >= 15 is 0 Å². The minimum absolute atomic E-state index is 0.346. The molecule has 0 radical (unpaired) electrons. The third kappa shape index (κ3) is 3.57. The van der Waals surface area contributed by atoms with Gasteiger partial charge in [-0.1, -0.05) is 12.8 Å². The molecule has 0 aromatic carbocycles. The highest BCUT2D eigenvalue weighted by Crippen LogP contribution is 2.18. The number of aromatic nitrogens is 1. The lowest BCUT2D eigenvalue weighted by Gasteiger charge is -2.21. The molecule has 1 aromatic heterocycles. The van der Waals surface area contributed by atoms with Gasteiger partial charge in [0.05, 0.1) is 11.9 Å². The maximum absolute atomic E-state index is 12.3. The van der Waals surface area contributed by atoms with Crippen LogP contribution >= 0.6 is 0 Å². The van der Waals surface area contributed by atoms with E-state index in [9.17, 15) is 8.42 Å². The predicted octanol–water partition coefficient (Wildman–Crippen LogP) is 1.50. The van der Waals surface area contributed by atoms with E-state index in [0.717, 1.165) is 31.2 Å². The van der Waals surface area contributed by atoms with Crippen molar-refractivity contribution in [2.24, 2.45) is 0 Å². The van der Waals surface area contributed by atoms with Crippen LogP contribution in [0.15, 0.2) is 12.3 Å². The average molecular weight is 284 g/mol. The van der Waals surface area contributed by atoms with Crippen LogP contribution < -0.4 is 10.5 Å². The molecule has 3 N–H and O–H groups in total. The Labute approximate surface area is 114 Å². The molecule has 1 aliphatic heterocycles. The van der Waals surface area contributed by atoms with Crippen LogP contribution in [0.3, 0.4) is 0 Å². The van der Waals surface area contributed by atoms with E-state index in [1.54, 1.807) is 13.0 Å². The fourth-order valence-electron chi connectivity index (χ4n) is 2.17. The topological polar surface area (TPSA) is 88.3 Å². The molecule has 1 fully saturated rings. The fraction of sp³-hybridized carbons (Fsp3) is 0.583. The highest BCUT2D eigenvalue weighted by molar-refractivity contribution is 7.90. The summed E-state index contributed by atoms with van der Waals surface area (Å²) >= 11 is 0. The quantitative estimate of drug-likeness (QED) is 0.880. The molecule has 0 atom stereocenters. The summed E-state index contributed by atoms with van der Waals surface area (Å²) in [6.45, 7) is 2.93. The van der Waals surface area contributed by atoms with Gasteiger partial charge in [-0.15, -0.1) is 0 Å². The van der Waals surface area contributed by atoms with E-state index in [2.05, 4.69) is 9.71 Å². The Balaban J connectivity index is 2.15. The lowest BCUT2D eigenvalue weighted by atomic mass is 10.2. The van der Waals surface area contributed by atoms with Gasteiger partial charge in [0, 0.05) is 13.1 Å². The average Bonchev–Trinajstić information content (AvgIpc) is 2.62. The molecule has 2 heterocycles. The second kappa shape index (κ2) is 5.75. The SMILES string of the molecule is Cc1cc(N)cnc1NS(=O)(=O)N1CCCCCC1. The van der Waals surface area contributed by atoms with E-state index < -0.39 is 10.2 Å². The Morgan fingerprint density at radius 2 is 1.89 bits per heavy atom. The number of rotatable bonds is 3. The first-order chi connectivity index (χ1) is 8.99. The molecule has 0 saturated carbocycles. The second-order valence-electron chi connectivity index (χ2n) is 4.85. The Morgan fingerprint density at radius 1 is 1.26 bits per heavy atom. The maximum Gasteiger partial charge on any atom is 0.302 e. The zero-order valence-electron chi connectivity index (χ0n) is 11.1. The number of nitrogens with zero attached hydrogens (tertiary/aromatic N) is 2. The van der Waals surface area contributed by atoms with Gasteiger partial charge < -0.3 is 5.73 Å². The molecular formula is C12H20N4O2S. The molecule has 1 aliphatic rings. The molecule has 2 rings (SSSR count). The van der Waals surface area contributed by atoms with Gasteiger partial charge in [0.2, 0.25) is 0 Å². The first kappa shape index (κ1) is 14.1. The van der Waals surface area contributed by atoms with Crippen molar-refractivity contribution in [2.45, 2.75) is 32.6 Å². The highest BCUT2D eigenvalue weighted by atomic mass is 32.2. The van der Waals surface area contributed by atoms with Gasteiger partial charge in [-0.05, 0) is 31.4 Å². The molecule has 0 bridgehead atoms. The Bertz CT molecular complexity index is 537. The van der Waals surface area contributed by atoms with Crippen molar-refractivity contribution in [3.63, 3.8) is 0 Å². The van der Waals surface area contributed by atoms with Crippen LogP contribution in [-0.2, 0) is 10.2 Å². The van der Waals surface area contributed by atoms with Crippen molar-refractivity contribution < 1.29 is 8.42 Å². The van der Waals surface area contributed by atoms with Gasteiger partial charge in [0.25, 0.3) is 0 Å². The molecule has 0 amide bonds. The molecule has 0 aliphatic carbocycles. The summed E-state index contributed by atoms with van der Waals surface area (Å²) in [6, 6.07) is 1.70. The van der Waals surface area contributed by atoms with Crippen molar-refractivity contribution >= 4 is 21.7 Å². The normalized spacial score (nSPS) is 17.9. The standard InChI is InChI=1S/C12H20N4O2S/c1-10-8-11(13)9-14-12(10)15-19(17,18)16-6-4-2-3-5-7-16/h8-9H,2-7,13H2,1H3,(H,14,15). The molecule has 0 unspecified atom stereocenters. The van der Waals surface area contributed by atoms with Crippen LogP contribution in [0.25, 0.3) is 0 Å². The Kier molecular flexibility index (Phi) is 4.26. The first-order valence-corrected chi connectivity index (χ1v) is 7.93. The molecule has 106 valence electrons. The largest absolute Gasteiger partial charge is 0.397 e. The number of nitrogens with one attached hydrogen (secondary N) is 1. The van der Waals surface area contributed by atoms with Crippen LogP contribution in [0.2, 0.25) is 0 Å². The lowest BCUT2D eigenvalue weighted by Crippen LogP contribution is -2.36. The van der Waals surface area contributed by atoms with Crippen LogP contribution in [0.4, 0.5) is 11.5 Å². The van der Waals surface area contributed by atoms with E-state index in [0.29, 0.717) is 24.6 Å². The summed E-state index contributed by atoms with van der Waals surface area (Å²) in [7, 11) is -3.52. The van der Waals surface area contributed by atoms with Gasteiger partial charge in [-0.3, -0.25) is 4.72 Å². The first-order valence-electron chi connectivity index (χ1n) is 6.49. The minimum Gasteiger partial charge on any atom is -0.397 e. The van der Waals surface area contributed by atoms with Crippen LogP contribution in [-0.4, -0.2) is 30.8 Å². The number of nitrogen functional groups attached to an aromatic ring is 1. The number of aryl methyl sites for hydroxylation is 1. The summed E-state index contributed by atoms with van der Waals surface area (Å²) in [6.07, 6.45) is 5.45. The Hall–Kier alpha value is -1.34. The molecule has 1 aromatic rings.